The van der Waals surface area contributed by atoms with Gasteiger partial charge in [-0.1, -0.05) is 18.2 Å². The fourth-order valence-electron chi connectivity index (χ4n) is 2.99. The van der Waals surface area contributed by atoms with Crippen molar-refractivity contribution < 1.29 is 19.4 Å². The summed E-state index contributed by atoms with van der Waals surface area (Å²) in [5.41, 5.74) is 2.03. The fourth-order valence-corrected chi connectivity index (χ4v) is 2.99. The predicted octanol–water partition coefficient (Wildman–Crippen LogP) is 3.04. The minimum absolute atomic E-state index is 0.243. The Labute approximate surface area is 151 Å². The molecule has 2 atom stereocenters. The summed E-state index contributed by atoms with van der Waals surface area (Å²) in [5, 5.41) is 11.6. The summed E-state index contributed by atoms with van der Waals surface area (Å²) in [7, 11) is 0. The van der Waals surface area contributed by atoms with Gasteiger partial charge in [-0.3, -0.25) is 4.79 Å². The van der Waals surface area contributed by atoms with E-state index in [1.807, 2.05) is 36.4 Å². The smallest absolute Gasteiger partial charge is 0.303 e. The Balaban J connectivity index is 1.47. The lowest BCUT2D eigenvalue weighted by Gasteiger charge is -2.08. The van der Waals surface area contributed by atoms with Gasteiger partial charge in [-0.15, -0.1) is 0 Å². The minimum atomic E-state index is -0.729. The first kappa shape index (κ1) is 17.7. The Morgan fingerprint density at radius 2 is 2.12 bits per heavy atom. The van der Waals surface area contributed by atoms with Crippen LogP contribution in [0.15, 0.2) is 48.7 Å². The lowest BCUT2D eigenvalue weighted by Crippen LogP contribution is -2.04. The fraction of sp³-hybridized carbons (Fsp3) is 0.300. The summed E-state index contributed by atoms with van der Waals surface area (Å²) in [6.45, 7) is 0.490. The molecule has 26 heavy (non-hydrogen) atoms. The molecular formula is C20H20N2O4. The van der Waals surface area contributed by atoms with E-state index in [0.29, 0.717) is 24.8 Å². The number of hydrogen-bond donors (Lipinski definition) is 2. The number of aromatic nitrogens is 1. The normalized spacial score (nSPS) is 17.8. The summed E-state index contributed by atoms with van der Waals surface area (Å²) in [6, 6.07) is 13.4. The molecule has 1 aliphatic rings. The molecule has 134 valence electrons. The largest absolute Gasteiger partial charge is 0.493 e. The van der Waals surface area contributed by atoms with Crippen molar-refractivity contribution in [2.45, 2.75) is 25.2 Å². The van der Waals surface area contributed by atoms with Gasteiger partial charge in [0.05, 0.1) is 12.8 Å². The molecule has 1 aromatic heterocycles. The minimum Gasteiger partial charge on any atom is -0.493 e. The monoisotopic (exact) mass is 352 g/mol. The van der Waals surface area contributed by atoms with Gasteiger partial charge < -0.3 is 15.2 Å². The number of carboxylic acid groups (broad SMARTS) is 1. The molecule has 1 aliphatic carbocycles. The molecule has 2 N–H and O–H groups in total. The van der Waals surface area contributed by atoms with Crippen molar-refractivity contribution in [1.82, 2.24) is 4.98 Å². The Morgan fingerprint density at radius 3 is 2.85 bits per heavy atom. The van der Waals surface area contributed by atoms with Crippen molar-refractivity contribution in [3.63, 3.8) is 0 Å². The SMILES string of the molecule is O=C=CNc1cccc(CCOc2ccc(C3CC3CC(=O)O)cc2)n1. The summed E-state index contributed by atoms with van der Waals surface area (Å²) >= 11 is 0. The third-order valence-corrected chi connectivity index (χ3v) is 4.38. The zero-order chi connectivity index (χ0) is 18.4. The van der Waals surface area contributed by atoms with E-state index in [2.05, 4.69) is 10.3 Å². The first-order chi connectivity index (χ1) is 12.7. The molecule has 1 heterocycles. The number of nitrogens with zero attached hydrogens (tertiary/aromatic N) is 1. The molecule has 0 bridgehead atoms. The molecule has 1 aromatic carbocycles. The number of benzene rings is 1. The Bertz CT molecular complexity index is 813. The van der Waals surface area contributed by atoms with E-state index in [4.69, 9.17) is 9.84 Å². The Morgan fingerprint density at radius 1 is 1.31 bits per heavy atom. The highest BCUT2D eigenvalue weighted by Crippen LogP contribution is 2.49. The molecule has 1 saturated carbocycles. The van der Waals surface area contributed by atoms with Crippen molar-refractivity contribution in [3.8, 4) is 5.75 Å². The van der Waals surface area contributed by atoms with Crippen LogP contribution in [0.1, 0.15) is 30.0 Å². The van der Waals surface area contributed by atoms with Crippen LogP contribution in [0.2, 0.25) is 0 Å². The van der Waals surface area contributed by atoms with Crippen LogP contribution in [0.5, 0.6) is 5.75 Å². The van der Waals surface area contributed by atoms with E-state index >= 15 is 0 Å². The Kier molecular flexibility index (Phi) is 5.66. The zero-order valence-corrected chi connectivity index (χ0v) is 14.2. The number of aliphatic carboxylic acids is 1. The highest BCUT2D eigenvalue weighted by molar-refractivity contribution is 5.67. The van der Waals surface area contributed by atoms with Crippen LogP contribution in [0, 0.1) is 5.92 Å². The second-order valence-corrected chi connectivity index (χ2v) is 6.29. The molecule has 0 radical (unpaired) electrons. The number of carboxylic acids is 1. The number of nitrogens with one attached hydrogen (secondary N) is 1. The van der Waals surface area contributed by atoms with Gasteiger partial charge in [-0.25, -0.2) is 9.78 Å². The second-order valence-electron chi connectivity index (χ2n) is 6.29. The van der Waals surface area contributed by atoms with Crippen LogP contribution in [0.4, 0.5) is 5.82 Å². The number of ether oxygens (including phenoxy) is 1. The van der Waals surface area contributed by atoms with Gasteiger partial charge in [0, 0.05) is 18.5 Å². The van der Waals surface area contributed by atoms with Gasteiger partial charge in [-0.05, 0) is 48.1 Å². The molecule has 0 aliphatic heterocycles. The quantitative estimate of drug-likeness (QED) is 0.675. The summed E-state index contributed by atoms with van der Waals surface area (Å²) in [4.78, 5) is 25.3. The first-order valence-electron chi connectivity index (χ1n) is 8.52. The number of hydrogen-bond acceptors (Lipinski definition) is 5. The molecule has 3 rings (SSSR count). The van der Waals surface area contributed by atoms with E-state index in [1.54, 1.807) is 12.0 Å². The third kappa shape index (κ3) is 4.94. The molecule has 0 saturated heterocycles. The van der Waals surface area contributed by atoms with E-state index in [-0.39, 0.29) is 12.3 Å². The maximum Gasteiger partial charge on any atom is 0.303 e. The van der Waals surface area contributed by atoms with Gasteiger partial charge >= 0.3 is 5.97 Å². The summed E-state index contributed by atoms with van der Waals surface area (Å²) < 4.78 is 5.75. The molecule has 1 fully saturated rings. The molecular weight excluding hydrogens is 332 g/mol. The lowest BCUT2D eigenvalue weighted by molar-refractivity contribution is -0.137. The maximum absolute atomic E-state index is 10.7. The number of pyridine rings is 1. The number of rotatable bonds is 9. The third-order valence-electron chi connectivity index (χ3n) is 4.38. The second kappa shape index (κ2) is 8.32. The Hall–Kier alpha value is -3.11. The van der Waals surface area contributed by atoms with Crippen LogP contribution in [-0.4, -0.2) is 28.6 Å². The van der Waals surface area contributed by atoms with Gasteiger partial charge in [0.25, 0.3) is 0 Å². The van der Waals surface area contributed by atoms with E-state index in [0.717, 1.165) is 17.9 Å². The van der Waals surface area contributed by atoms with Crippen molar-refractivity contribution in [1.29, 1.82) is 0 Å². The van der Waals surface area contributed by atoms with Crippen LogP contribution >= 0.6 is 0 Å². The van der Waals surface area contributed by atoms with Crippen molar-refractivity contribution in [2.75, 3.05) is 11.9 Å². The number of carbonyl (C=O) groups excluding carboxylic acids is 1. The standard InChI is InChI=1S/C20H20N2O4/c23-10-9-21-19-3-1-2-16(22-19)8-11-26-17-6-4-14(5-7-17)18-12-15(18)13-20(24)25/h1-7,9,15,18H,8,11-13H2,(H,21,22)(H,24,25). The zero-order valence-electron chi connectivity index (χ0n) is 14.2. The van der Waals surface area contributed by atoms with Crippen LogP contribution in [-0.2, 0) is 16.0 Å². The lowest BCUT2D eigenvalue weighted by atomic mass is 10.1. The van der Waals surface area contributed by atoms with E-state index < -0.39 is 5.97 Å². The highest BCUT2D eigenvalue weighted by Gasteiger charge is 2.39. The first-order valence-corrected chi connectivity index (χ1v) is 8.52. The molecule has 0 spiro atoms. The topological polar surface area (TPSA) is 88.5 Å². The van der Waals surface area contributed by atoms with Crippen LogP contribution < -0.4 is 10.1 Å². The van der Waals surface area contributed by atoms with Crippen molar-refractivity contribution >= 4 is 17.7 Å². The summed E-state index contributed by atoms with van der Waals surface area (Å²) in [6.07, 6.45) is 3.00. The molecule has 2 unspecified atom stereocenters. The van der Waals surface area contributed by atoms with Gasteiger partial charge in [0.15, 0.2) is 0 Å². The van der Waals surface area contributed by atoms with Gasteiger partial charge in [0.2, 0.25) is 0 Å². The maximum atomic E-state index is 10.7. The van der Waals surface area contributed by atoms with Gasteiger partial charge in [0.1, 0.15) is 17.5 Å². The van der Waals surface area contributed by atoms with Crippen LogP contribution in [0.3, 0.4) is 0 Å². The van der Waals surface area contributed by atoms with Crippen molar-refractivity contribution in [3.05, 3.63) is 59.9 Å². The van der Waals surface area contributed by atoms with Gasteiger partial charge in [-0.2, -0.15) is 0 Å². The van der Waals surface area contributed by atoms with E-state index in [9.17, 15) is 9.59 Å². The predicted molar refractivity (Wildman–Crippen MR) is 96.9 cm³/mol. The average Bonchev–Trinajstić information content (AvgIpc) is 3.39. The molecule has 0 amide bonds. The van der Waals surface area contributed by atoms with Crippen LogP contribution in [0.25, 0.3) is 0 Å². The average molecular weight is 352 g/mol. The highest BCUT2D eigenvalue weighted by atomic mass is 16.5. The molecule has 6 heteroatoms. The molecule has 2 aromatic rings. The number of anilines is 1. The van der Waals surface area contributed by atoms with Crippen molar-refractivity contribution in [2.24, 2.45) is 5.92 Å². The molecule has 6 nitrogen and oxygen atoms in total. The summed E-state index contributed by atoms with van der Waals surface area (Å²) in [5.74, 6) is 2.92. The van der Waals surface area contributed by atoms with E-state index in [1.165, 1.54) is 11.8 Å². The number of carbonyl (C=O) groups is 1.